The summed E-state index contributed by atoms with van der Waals surface area (Å²) in [6.45, 7) is 2.34. The topological polar surface area (TPSA) is 35.5 Å². The Morgan fingerprint density at radius 1 is 1.08 bits per heavy atom. The van der Waals surface area contributed by atoms with Gasteiger partial charge in [0.15, 0.2) is 12.2 Å². The van der Waals surface area contributed by atoms with Crippen molar-refractivity contribution in [2.24, 2.45) is 28.6 Å². The Morgan fingerprint density at radius 2 is 1.58 bits per heavy atom. The molecule has 6 heteroatoms. The van der Waals surface area contributed by atoms with E-state index in [0.717, 1.165) is 43.9 Å². The third-order valence-corrected chi connectivity index (χ3v) is 6.63. The number of esters is 1. The van der Waals surface area contributed by atoms with Gasteiger partial charge in [-0.15, -0.1) is 0 Å². The summed E-state index contributed by atoms with van der Waals surface area (Å²) >= 11 is 0. The highest BCUT2D eigenvalue weighted by Gasteiger charge is 2.56. The summed E-state index contributed by atoms with van der Waals surface area (Å²) in [6.07, 6.45) is 2.49. The Bertz CT molecular complexity index is 453. The van der Waals surface area contributed by atoms with Crippen molar-refractivity contribution in [3.8, 4) is 0 Å². The minimum atomic E-state index is -4.61. The number of ether oxygens (including phenoxy) is 2. The first-order chi connectivity index (χ1) is 11.2. The molecule has 138 valence electrons. The van der Waals surface area contributed by atoms with Crippen molar-refractivity contribution in [1.82, 2.24) is 0 Å². The highest BCUT2D eigenvalue weighted by Crippen LogP contribution is 2.60. The Hall–Kier alpha value is -0.780. The van der Waals surface area contributed by atoms with E-state index in [1.54, 1.807) is 0 Å². The third-order valence-electron chi connectivity index (χ3n) is 6.63. The van der Waals surface area contributed by atoms with Gasteiger partial charge in [0.1, 0.15) is 0 Å². The van der Waals surface area contributed by atoms with E-state index in [9.17, 15) is 18.0 Å². The van der Waals surface area contributed by atoms with Gasteiger partial charge in [-0.05, 0) is 75.0 Å². The van der Waals surface area contributed by atoms with E-state index in [0.29, 0.717) is 6.61 Å². The van der Waals surface area contributed by atoms with Gasteiger partial charge < -0.3 is 9.47 Å². The monoisotopic (exact) mass is 348 g/mol. The summed E-state index contributed by atoms with van der Waals surface area (Å²) in [5.74, 6) is 1.12. The molecular weight excluding hydrogens is 321 g/mol. The normalized spacial score (nSPS) is 37.3. The van der Waals surface area contributed by atoms with Gasteiger partial charge in [-0.25, -0.2) is 0 Å². The standard InChI is InChI=1S/C18H27F3O3/c1-3-16(2,18(19,20)21)15(22)24-11-23-10-17-7-12-4-13(8-17)6-14(5-12)9-17/h12-14H,3-11H2,1-2H3. The highest BCUT2D eigenvalue weighted by atomic mass is 19.4. The largest absolute Gasteiger partial charge is 0.438 e. The summed E-state index contributed by atoms with van der Waals surface area (Å²) in [4.78, 5) is 11.8. The molecule has 3 nitrogen and oxygen atoms in total. The van der Waals surface area contributed by atoms with Crippen molar-refractivity contribution < 1.29 is 27.4 Å². The van der Waals surface area contributed by atoms with Gasteiger partial charge in [0, 0.05) is 0 Å². The Morgan fingerprint density at radius 3 is 2.00 bits per heavy atom. The van der Waals surface area contributed by atoms with E-state index in [2.05, 4.69) is 0 Å². The van der Waals surface area contributed by atoms with Crippen LogP contribution < -0.4 is 0 Å². The van der Waals surface area contributed by atoms with Gasteiger partial charge in [-0.2, -0.15) is 13.2 Å². The summed E-state index contributed by atoms with van der Waals surface area (Å²) in [7, 11) is 0. The minimum absolute atomic E-state index is 0.166. The third kappa shape index (κ3) is 3.18. The lowest BCUT2D eigenvalue weighted by Gasteiger charge is -2.56. The lowest BCUT2D eigenvalue weighted by Crippen LogP contribution is -2.48. The van der Waals surface area contributed by atoms with Crippen molar-refractivity contribution >= 4 is 5.97 Å². The van der Waals surface area contributed by atoms with Crippen molar-refractivity contribution in [3.63, 3.8) is 0 Å². The van der Waals surface area contributed by atoms with Crippen LogP contribution in [0.15, 0.2) is 0 Å². The summed E-state index contributed by atoms with van der Waals surface area (Å²) in [5, 5.41) is 0. The molecule has 0 aromatic heterocycles. The molecule has 4 aliphatic carbocycles. The van der Waals surface area contributed by atoms with E-state index in [-0.39, 0.29) is 18.6 Å². The predicted octanol–water partition coefficient (Wildman–Crippen LogP) is 4.70. The SMILES string of the molecule is CCC(C)(C(=O)OCOCC12CC3CC(CC(C3)C1)C2)C(F)(F)F. The molecule has 0 N–H and O–H groups in total. The lowest BCUT2D eigenvalue weighted by atomic mass is 9.50. The van der Waals surface area contributed by atoms with Crippen molar-refractivity contribution in [2.75, 3.05) is 13.4 Å². The zero-order valence-corrected chi connectivity index (χ0v) is 14.5. The van der Waals surface area contributed by atoms with E-state index in [1.807, 2.05) is 0 Å². The quantitative estimate of drug-likeness (QED) is 0.396. The Labute approximate surface area is 141 Å². The smallest absolute Gasteiger partial charge is 0.404 e. The average Bonchev–Trinajstić information content (AvgIpc) is 2.48. The molecule has 0 aliphatic heterocycles. The second kappa shape index (κ2) is 6.19. The molecule has 4 bridgehead atoms. The fourth-order valence-electron chi connectivity index (χ4n) is 5.44. The van der Waals surface area contributed by atoms with E-state index in [4.69, 9.17) is 9.47 Å². The van der Waals surface area contributed by atoms with E-state index >= 15 is 0 Å². The van der Waals surface area contributed by atoms with Crippen LogP contribution in [0.25, 0.3) is 0 Å². The minimum Gasteiger partial charge on any atom is -0.438 e. The van der Waals surface area contributed by atoms with Crippen molar-refractivity contribution in [2.45, 2.75) is 65.0 Å². The second-order valence-corrected chi connectivity index (χ2v) is 8.50. The van der Waals surface area contributed by atoms with Gasteiger partial charge in [-0.3, -0.25) is 4.79 Å². The highest BCUT2D eigenvalue weighted by molar-refractivity contribution is 5.77. The first-order valence-corrected chi connectivity index (χ1v) is 8.99. The Kier molecular flexibility index (Phi) is 4.65. The fourth-order valence-corrected chi connectivity index (χ4v) is 5.44. The fraction of sp³-hybridized carbons (Fsp3) is 0.944. The number of halogens is 3. The number of alkyl halides is 3. The molecule has 0 saturated heterocycles. The molecule has 1 atom stereocenters. The molecule has 0 amide bonds. The van der Waals surface area contributed by atoms with Crippen LogP contribution in [0, 0.1) is 28.6 Å². The lowest BCUT2D eigenvalue weighted by molar-refractivity contribution is -0.237. The number of hydrogen-bond acceptors (Lipinski definition) is 3. The number of hydrogen-bond donors (Lipinski definition) is 0. The molecule has 0 spiro atoms. The van der Waals surface area contributed by atoms with Gasteiger partial charge in [0.2, 0.25) is 0 Å². The number of carbonyl (C=O) groups is 1. The number of carbonyl (C=O) groups excluding carboxylic acids is 1. The first kappa shape index (κ1) is 18.0. The summed E-state index contributed by atoms with van der Waals surface area (Å²) in [5.41, 5.74) is -2.30. The van der Waals surface area contributed by atoms with Crippen LogP contribution in [0.5, 0.6) is 0 Å². The van der Waals surface area contributed by atoms with Crippen LogP contribution in [0.1, 0.15) is 58.8 Å². The van der Waals surface area contributed by atoms with Crippen LogP contribution in [0.2, 0.25) is 0 Å². The maximum atomic E-state index is 13.0. The van der Waals surface area contributed by atoms with Gasteiger partial charge in [0.05, 0.1) is 6.61 Å². The van der Waals surface area contributed by atoms with Crippen LogP contribution in [0.3, 0.4) is 0 Å². The van der Waals surface area contributed by atoms with Gasteiger partial charge in [0.25, 0.3) is 0 Å². The first-order valence-electron chi connectivity index (χ1n) is 8.99. The van der Waals surface area contributed by atoms with E-state index < -0.39 is 17.6 Å². The molecule has 4 fully saturated rings. The second-order valence-electron chi connectivity index (χ2n) is 8.50. The maximum Gasteiger partial charge on any atom is 0.404 e. The van der Waals surface area contributed by atoms with Crippen molar-refractivity contribution in [1.29, 1.82) is 0 Å². The molecule has 0 aromatic carbocycles. The van der Waals surface area contributed by atoms with E-state index in [1.165, 1.54) is 26.2 Å². The Balaban J connectivity index is 1.48. The molecule has 0 aromatic rings. The summed E-state index contributed by atoms with van der Waals surface area (Å²) in [6, 6.07) is 0. The molecule has 1 unspecified atom stereocenters. The molecule has 4 rings (SSSR count). The molecule has 4 saturated carbocycles. The van der Waals surface area contributed by atoms with Crippen LogP contribution in [0.4, 0.5) is 13.2 Å². The molecule has 24 heavy (non-hydrogen) atoms. The molecule has 0 heterocycles. The molecular formula is C18H27F3O3. The molecule has 0 radical (unpaired) electrons. The number of rotatable bonds is 6. The zero-order chi connectivity index (χ0) is 17.6. The predicted molar refractivity (Wildman–Crippen MR) is 82.0 cm³/mol. The van der Waals surface area contributed by atoms with Crippen molar-refractivity contribution in [3.05, 3.63) is 0 Å². The average molecular weight is 348 g/mol. The van der Waals surface area contributed by atoms with Gasteiger partial charge >= 0.3 is 12.1 Å². The van der Waals surface area contributed by atoms with Crippen LogP contribution in [-0.2, 0) is 14.3 Å². The molecule has 4 aliphatic rings. The van der Waals surface area contributed by atoms with Crippen LogP contribution in [-0.4, -0.2) is 25.5 Å². The van der Waals surface area contributed by atoms with Gasteiger partial charge in [-0.1, -0.05) is 6.92 Å². The van der Waals surface area contributed by atoms with Crippen LogP contribution >= 0.6 is 0 Å². The maximum absolute atomic E-state index is 13.0. The summed E-state index contributed by atoms with van der Waals surface area (Å²) < 4.78 is 49.4. The zero-order valence-electron chi connectivity index (χ0n) is 14.5.